The number of aliphatic hydroxyl groups is 1. The Balaban J connectivity index is 1.55. The minimum atomic E-state index is -0.812. The molecular weight excluding hydrogens is 396 g/mol. The van der Waals surface area contributed by atoms with Crippen molar-refractivity contribution in [2.75, 3.05) is 13.2 Å². The number of aromatic nitrogens is 1. The fraction of sp³-hybridized carbons (Fsp3) is 0.238. The number of halogens is 1. The van der Waals surface area contributed by atoms with Crippen molar-refractivity contribution < 1.29 is 14.6 Å². The molecule has 3 rings (SSSR count). The fourth-order valence-electron chi connectivity index (χ4n) is 2.57. The molecule has 0 bridgehead atoms. The Morgan fingerprint density at radius 1 is 1.25 bits per heavy atom. The first-order valence-electron chi connectivity index (χ1n) is 8.81. The molecule has 5 nitrogen and oxygen atoms in total. The van der Waals surface area contributed by atoms with Crippen LogP contribution in [0.4, 0.5) is 0 Å². The minimum Gasteiger partial charge on any atom is -0.491 e. The second kappa shape index (κ2) is 9.19. The summed E-state index contributed by atoms with van der Waals surface area (Å²) in [6.45, 7) is 3.96. The van der Waals surface area contributed by atoms with Crippen LogP contribution in [-0.2, 0) is 0 Å². The first kappa shape index (κ1) is 20.3. The first-order valence-corrected chi connectivity index (χ1v) is 10.0. The van der Waals surface area contributed by atoms with Crippen LogP contribution in [0.1, 0.15) is 20.9 Å². The molecule has 1 heterocycles. The van der Waals surface area contributed by atoms with Crippen molar-refractivity contribution in [2.45, 2.75) is 20.0 Å². The van der Waals surface area contributed by atoms with Gasteiger partial charge in [0.1, 0.15) is 28.3 Å². The van der Waals surface area contributed by atoms with E-state index in [1.165, 1.54) is 11.3 Å². The molecule has 0 saturated carbocycles. The topological polar surface area (TPSA) is 71.5 Å². The Kier molecular flexibility index (Phi) is 6.67. The average Bonchev–Trinajstić information content (AvgIpc) is 3.07. The molecule has 28 heavy (non-hydrogen) atoms. The summed E-state index contributed by atoms with van der Waals surface area (Å²) in [5, 5.41) is 14.2. The summed E-state index contributed by atoms with van der Waals surface area (Å²) in [5.74, 6) is 0.432. The second-order valence-corrected chi connectivity index (χ2v) is 7.87. The maximum atomic E-state index is 12.5. The van der Waals surface area contributed by atoms with Gasteiger partial charge in [-0.15, -0.1) is 11.3 Å². The summed E-state index contributed by atoms with van der Waals surface area (Å²) in [4.78, 5) is 17.5. The molecule has 0 fully saturated rings. The molecular formula is C21H21ClN2O3S. The van der Waals surface area contributed by atoms with Gasteiger partial charge in [-0.2, -0.15) is 0 Å². The van der Waals surface area contributed by atoms with Crippen LogP contribution >= 0.6 is 22.9 Å². The Morgan fingerprint density at radius 3 is 2.71 bits per heavy atom. The summed E-state index contributed by atoms with van der Waals surface area (Å²) < 4.78 is 5.56. The zero-order chi connectivity index (χ0) is 20.1. The molecule has 1 amide bonds. The average molecular weight is 417 g/mol. The van der Waals surface area contributed by atoms with Crippen LogP contribution in [0, 0.1) is 13.8 Å². The largest absolute Gasteiger partial charge is 0.491 e. The molecule has 3 aromatic rings. The molecule has 7 heteroatoms. The van der Waals surface area contributed by atoms with Crippen molar-refractivity contribution in [3.8, 4) is 16.3 Å². The van der Waals surface area contributed by atoms with E-state index in [9.17, 15) is 9.90 Å². The third-order valence-corrected chi connectivity index (χ3v) is 5.48. The summed E-state index contributed by atoms with van der Waals surface area (Å²) in [5.41, 5.74) is 2.64. The van der Waals surface area contributed by atoms with E-state index in [-0.39, 0.29) is 19.1 Å². The number of benzene rings is 2. The highest BCUT2D eigenvalue weighted by Gasteiger charge is 2.17. The quantitative estimate of drug-likeness (QED) is 0.604. The Morgan fingerprint density at radius 2 is 2.00 bits per heavy atom. The number of aliphatic hydroxyl groups excluding tert-OH is 1. The third kappa shape index (κ3) is 5.32. The van der Waals surface area contributed by atoms with Gasteiger partial charge in [0, 0.05) is 17.1 Å². The van der Waals surface area contributed by atoms with Gasteiger partial charge in [0.05, 0.1) is 5.69 Å². The number of carbonyl (C=O) groups excluding carboxylic acids is 1. The highest BCUT2D eigenvalue weighted by Crippen LogP contribution is 2.28. The molecule has 0 spiro atoms. The number of thiazole rings is 1. The lowest BCUT2D eigenvalue weighted by atomic mass is 10.2. The predicted octanol–water partition coefficient (Wildman–Crippen LogP) is 4.25. The van der Waals surface area contributed by atoms with E-state index in [1.54, 1.807) is 19.1 Å². The van der Waals surface area contributed by atoms with E-state index in [4.69, 9.17) is 16.3 Å². The highest BCUT2D eigenvalue weighted by atomic mass is 35.5. The van der Waals surface area contributed by atoms with Crippen molar-refractivity contribution in [3.63, 3.8) is 0 Å². The van der Waals surface area contributed by atoms with Crippen LogP contribution in [0.3, 0.4) is 0 Å². The van der Waals surface area contributed by atoms with Crippen molar-refractivity contribution in [1.29, 1.82) is 0 Å². The van der Waals surface area contributed by atoms with E-state index < -0.39 is 6.10 Å². The van der Waals surface area contributed by atoms with Gasteiger partial charge in [0.25, 0.3) is 5.91 Å². The number of hydrogen-bond donors (Lipinski definition) is 2. The number of hydrogen-bond acceptors (Lipinski definition) is 5. The molecule has 0 radical (unpaired) electrons. The number of aryl methyl sites for hydroxylation is 2. The highest BCUT2D eigenvalue weighted by molar-refractivity contribution is 7.17. The van der Waals surface area contributed by atoms with E-state index in [1.807, 2.05) is 43.3 Å². The van der Waals surface area contributed by atoms with Gasteiger partial charge < -0.3 is 15.2 Å². The SMILES string of the molecule is Cc1cccc(OCC(O)CNC(=O)c2sc(-c3ccc(Cl)cc3)nc2C)c1. The Bertz CT molecular complexity index is 957. The lowest BCUT2D eigenvalue weighted by Crippen LogP contribution is -2.35. The van der Waals surface area contributed by atoms with Gasteiger partial charge in [-0.05, 0) is 43.7 Å². The molecule has 146 valence electrons. The predicted molar refractivity (Wildman–Crippen MR) is 112 cm³/mol. The molecule has 0 aliphatic carbocycles. The molecule has 0 saturated heterocycles. The van der Waals surface area contributed by atoms with Crippen LogP contribution in [0.25, 0.3) is 10.6 Å². The normalized spacial score (nSPS) is 11.9. The van der Waals surface area contributed by atoms with E-state index >= 15 is 0 Å². The number of nitrogens with one attached hydrogen (secondary N) is 1. The van der Waals surface area contributed by atoms with E-state index in [0.29, 0.717) is 21.3 Å². The zero-order valence-electron chi connectivity index (χ0n) is 15.6. The summed E-state index contributed by atoms with van der Waals surface area (Å²) in [6.07, 6.45) is -0.812. The standard InChI is InChI=1S/C21H21ClN2O3S/c1-13-4-3-5-18(10-13)27-12-17(25)11-23-20(26)19-14(2)24-21(28-19)15-6-8-16(22)9-7-15/h3-10,17,25H,11-12H2,1-2H3,(H,23,26). The van der Waals surface area contributed by atoms with Crippen molar-refractivity contribution >= 4 is 28.8 Å². The van der Waals surface area contributed by atoms with Gasteiger partial charge in [0.2, 0.25) is 0 Å². The zero-order valence-corrected chi connectivity index (χ0v) is 17.2. The Labute approximate surface area is 173 Å². The molecule has 0 aliphatic heterocycles. The van der Waals surface area contributed by atoms with Crippen LogP contribution in [0.15, 0.2) is 48.5 Å². The minimum absolute atomic E-state index is 0.0955. The van der Waals surface area contributed by atoms with Crippen molar-refractivity contribution in [1.82, 2.24) is 10.3 Å². The number of nitrogens with zero attached hydrogens (tertiary/aromatic N) is 1. The van der Waals surface area contributed by atoms with Crippen molar-refractivity contribution in [3.05, 3.63) is 69.7 Å². The number of carbonyl (C=O) groups is 1. The van der Waals surface area contributed by atoms with Crippen LogP contribution in [-0.4, -0.2) is 35.3 Å². The molecule has 2 aromatic carbocycles. The molecule has 1 unspecified atom stereocenters. The van der Waals surface area contributed by atoms with Crippen LogP contribution in [0.5, 0.6) is 5.75 Å². The fourth-order valence-corrected chi connectivity index (χ4v) is 3.68. The van der Waals surface area contributed by atoms with E-state index in [2.05, 4.69) is 10.3 Å². The maximum Gasteiger partial charge on any atom is 0.263 e. The van der Waals surface area contributed by atoms with Gasteiger partial charge in [-0.3, -0.25) is 4.79 Å². The third-order valence-electron chi connectivity index (χ3n) is 4.02. The molecule has 0 aliphatic rings. The first-order chi connectivity index (χ1) is 13.4. The van der Waals surface area contributed by atoms with E-state index in [0.717, 1.165) is 16.1 Å². The smallest absolute Gasteiger partial charge is 0.263 e. The second-order valence-electron chi connectivity index (χ2n) is 6.43. The number of rotatable bonds is 7. The van der Waals surface area contributed by atoms with Gasteiger partial charge >= 0.3 is 0 Å². The molecule has 2 N–H and O–H groups in total. The molecule has 1 atom stereocenters. The lowest BCUT2D eigenvalue weighted by molar-refractivity contribution is 0.0846. The van der Waals surface area contributed by atoms with Gasteiger partial charge in [0.15, 0.2) is 0 Å². The van der Waals surface area contributed by atoms with Crippen molar-refractivity contribution in [2.24, 2.45) is 0 Å². The number of amides is 1. The van der Waals surface area contributed by atoms with Gasteiger partial charge in [-0.25, -0.2) is 4.98 Å². The summed E-state index contributed by atoms with van der Waals surface area (Å²) in [7, 11) is 0. The Hall–Kier alpha value is -2.41. The summed E-state index contributed by atoms with van der Waals surface area (Å²) >= 11 is 7.23. The van der Waals surface area contributed by atoms with Gasteiger partial charge in [-0.1, -0.05) is 35.9 Å². The van der Waals surface area contributed by atoms with Crippen LogP contribution < -0.4 is 10.1 Å². The number of ether oxygens (including phenoxy) is 1. The monoisotopic (exact) mass is 416 g/mol. The lowest BCUT2D eigenvalue weighted by Gasteiger charge is -2.13. The van der Waals surface area contributed by atoms with Crippen LogP contribution in [0.2, 0.25) is 5.02 Å². The molecule has 1 aromatic heterocycles. The summed E-state index contributed by atoms with van der Waals surface area (Å²) in [6, 6.07) is 14.9. The maximum absolute atomic E-state index is 12.5.